The number of hydrogen-bond acceptors (Lipinski definition) is 4. The summed E-state index contributed by atoms with van der Waals surface area (Å²) in [5.41, 5.74) is 0.915. The molecule has 0 aromatic heterocycles. The number of carbonyl (C=O) groups excluding carboxylic acids is 2. The fraction of sp³-hybridized carbons (Fsp3) is 0.375. The summed E-state index contributed by atoms with van der Waals surface area (Å²) in [6.45, 7) is 5.85. The van der Waals surface area contributed by atoms with E-state index >= 15 is 0 Å². The third kappa shape index (κ3) is 2.40. The smallest absolute Gasteiger partial charge is 0.330 e. The van der Waals surface area contributed by atoms with Crippen molar-refractivity contribution < 1.29 is 14.3 Å². The number of ketones is 1. The van der Waals surface area contributed by atoms with Crippen molar-refractivity contribution in [1.82, 2.24) is 0 Å². The molecule has 4 heteroatoms. The molecule has 1 aromatic rings. The van der Waals surface area contributed by atoms with Gasteiger partial charge >= 0.3 is 5.97 Å². The van der Waals surface area contributed by atoms with E-state index in [9.17, 15) is 9.59 Å². The highest BCUT2D eigenvalue weighted by molar-refractivity contribution is 8.02. The van der Waals surface area contributed by atoms with Gasteiger partial charge in [-0.3, -0.25) is 9.59 Å². The third-order valence-electron chi connectivity index (χ3n) is 3.48. The summed E-state index contributed by atoms with van der Waals surface area (Å²) >= 11 is 1.38. The number of esters is 1. The van der Waals surface area contributed by atoms with Gasteiger partial charge in [-0.2, -0.15) is 0 Å². The topological polar surface area (TPSA) is 43.4 Å². The van der Waals surface area contributed by atoms with Crippen molar-refractivity contribution in [3.8, 4) is 0 Å². The predicted octanol–water partition coefficient (Wildman–Crippen LogP) is 2.96. The molecule has 106 valence electrons. The molecule has 0 bridgehead atoms. The number of ether oxygens (including phenoxy) is 1. The Morgan fingerprint density at radius 1 is 1.50 bits per heavy atom. The van der Waals surface area contributed by atoms with Crippen LogP contribution >= 0.6 is 11.8 Å². The van der Waals surface area contributed by atoms with Crippen LogP contribution < -0.4 is 0 Å². The average Bonchev–Trinajstić information content (AvgIpc) is 2.84. The lowest BCUT2D eigenvalue weighted by molar-refractivity contribution is -0.149. The quantitative estimate of drug-likeness (QED) is 0.475. The van der Waals surface area contributed by atoms with E-state index < -0.39 is 10.7 Å². The van der Waals surface area contributed by atoms with Gasteiger partial charge in [-0.25, -0.2) is 0 Å². The average molecular weight is 290 g/mol. The molecule has 3 nitrogen and oxygen atoms in total. The van der Waals surface area contributed by atoms with Gasteiger partial charge < -0.3 is 4.74 Å². The van der Waals surface area contributed by atoms with Gasteiger partial charge in [0.15, 0.2) is 10.5 Å². The van der Waals surface area contributed by atoms with Gasteiger partial charge in [0.1, 0.15) is 0 Å². The Labute approximate surface area is 123 Å². The molecular formula is C16H18O3S. The standard InChI is InChI=1S/C16H18O3S/c1-3-13(12-8-6-5-7-9-12)16(15(18)19-4-2)14(17)10-11-20-16/h3,5-9,13H,1,4,10-11H2,2H3. The van der Waals surface area contributed by atoms with E-state index in [0.29, 0.717) is 12.2 Å². The van der Waals surface area contributed by atoms with Crippen LogP contribution in [0.4, 0.5) is 0 Å². The van der Waals surface area contributed by atoms with E-state index in [1.165, 1.54) is 11.8 Å². The molecule has 0 N–H and O–H groups in total. The summed E-state index contributed by atoms with van der Waals surface area (Å²) in [6.07, 6.45) is 2.09. The Morgan fingerprint density at radius 2 is 2.20 bits per heavy atom. The van der Waals surface area contributed by atoms with Crippen molar-refractivity contribution in [3.05, 3.63) is 48.6 Å². The maximum Gasteiger partial charge on any atom is 0.330 e. The Balaban J connectivity index is 2.47. The van der Waals surface area contributed by atoms with Gasteiger partial charge in [-0.15, -0.1) is 18.3 Å². The second kappa shape index (κ2) is 6.27. The highest BCUT2D eigenvalue weighted by Gasteiger charge is 2.55. The summed E-state index contributed by atoms with van der Waals surface area (Å²) in [5, 5.41) is 0. The lowest BCUT2D eigenvalue weighted by Crippen LogP contribution is -2.46. The number of carbonyl (C=O) groups is 2. The molecular weight excluding hydrogens is 272 g/mol. The molecule has 1 heterocycles. The summed E-state index contributed by atoms with van der Waals surface area (Å²) in [6, 6.07) is 9.53. The number of allylic oxidation sites excluding steroid dienone is 1. The number of thioether (sulfide) groups is 1. The second-order valence-corrected chi connectivity index (χ2v) is 5.94. The van der Waals surface area contributed by atoms with Crippen molar-refractivity contribution in [1.29, 1.82) is 0 Å². The van der Waals surface area contributed by atoms with Gasteiger partial charge in [0.05, 0.1) is 6.61 Å². The second-order valence-electron chi connectivity index (χ2n) is 4.60. The van der Waals surface area contributed by atoms with E-state index in [1.54, 1.807) is 13.0 Å². The van der Waals surface area contributed by atoms with Gasteiger partial charge in [-0.05, 0) is 12.5 Å². The van der Waals surface area contributed by atoms with E-state index in [2.05, 4.69) is 6.58 Å². The monoisotopic (exact) mass is 290 g/mol. The van der Waals surface area contributed by atoms with Crippen LogP contribution in [0.1, 0.15) is 24.8 Å². The van der Waals surface area contributed by atoms with E-state index in [-0.39, 0.29) is 18.3 Å². The maximum atomic E-state index is 12.4. The number of rotatable bonds is 5. The number of hydrogen-bond donors (Lipinski definition) is 0. The molecule has 2 atom stereocenters. The largest absolute Gasteiger partial charge is 0.465 e. The molecule has 0 radical (unpaired) electrons. The van der Waals surface area contributed by atoms with Crippen LogP contribution in [0.3, 0.4) is 0 Å². The fourth-order valence-electron chi connectivity index (χ4n) is 2.57. The van der Waals surface area contributed by atoms with E-state index in [4.69, 9.17) is 4.74 Å². The number of benzene rings is 1. The first-order valence-corrected chi connectivity index (χ1v) is 7.67. The lowest BCUT2D eigenvalue weighted by atomic mass is 9.81. The Hall–Kier alpha value is -1.55. The third-order valence-corrected chi connectivity index (χ3v) is 5.00. The van der Waals surface area contributed by atoms with Gasteiger partial charge in [0, 0.05) is 18.1 Å². The zero-order chi connectivity index (χ0) is 14.6. The van der Waals surface area contributed by atoms with Crippen molar-refractivity contribution in [2.45, 2.75) is 24.0 Å². The summed E-state index contributed by atoms with van der Waals surface area (Å²) in [7, 11) is 0. The summed E-state index contributed by atoms with van der Waals surface area (Å²) in [4.78, 5) is 24.9. The van der Waals surface area contributed by atoms with E-state index in [0.717, 1.165) is 5.56 Å². The molecule has 1 aromatic carbocycles. The normalized spacial score (nSPS) is 23.4. The van der Waals surface area contributed by atoms with Crippen LogP contribution in [0.25, 0.3) is 0 Å². The molecule has 1 aliphatic heterocycles. The Kier molecular flexibility index (Phi) is 4.65. The molecule has 1 saturated heterocycles. The molecule has 1 fully saturated rings. The number of Topliss-reactive ketones (excluding diaryl/α,β-unsaturated/α-hetero) is 1. The van der Waals surface area contributed by atoms with Crippen LogP contribution in [-0.4, -0.2) is 28.9 Å². The summed E-state index contributed by atoms with van der Waals surface area (Å²) in [5.74, 6) is -0.215. The zero-order valence-electron chi connectivity index (χ0n) is 11.5. The van der Waals surface area contributed by atoms with Crippen molar-refractivity contribution in [3.63, 3.8) is 0 Å². The highest BCUT2D eigenvalue weighted by atomic mass is 32.2. The minimum Gasteiger partial charge on any atom is -0.465 e. The van der Waals surface area contributed by atoms with Crippen LogP contribution in [0.5, 0.6) is 0 Å². The van der Waals surface area contributed by atoms with Gasteiger partial charge in [-0.1, -0.05) is 36.4 Å². The van der Waals surface area contributed by atoms with Crippen molar-refractivity contribution in [2.75, 3.05) is 12.4 Å². The first-order chi connectivity index (χ1) is 9.66. The fourth-order valence-corrected chi connectivity index (χ4v) is 4.03. The highest BCUT2D eigenvalue weighted by Crippen LogP contribution is 2.47. The van der Waals surface area contributed by atoms with Crippen LogP contribution in [0.15, 0.2) is 43.0 Å². The minimum atomic E-state index is -1.17. The lowest BCUT2D eigenvalue weighted by Gasteiger charge is -2.31. The molecule has 2 rings (SSSR count). The van der Waals surface area contributed by atoms with Crippen LogP contribution in [0.2, 0.25) is 0 Å². The SMILES string of the molecule is C=CC(c1ccccc1)C1(C(=O)OCC)SCCC1=O. The molecule has 0 aliphatic carbocycles. The van der Waals surface area contributed by atoms with Crippen LogP contribution in [-0.2, 0) is 14.3 Å². The predicted molar refractivity (Wildman–Crippen MR) is 80.8 cm³/mol. The van der Waals surface area contributed by atoms with Gasteiger partial charge in [0.25, 0.3) is 0 Å². The first-order valence-electron chi connectivity index (χ1n) is 6.68. The molecule has 20 heavy (non-hydrogen) atoms. The Morgan fingerprint density at radius 3 is 2.70 bits per heavy atom. The van der Waals surface area contributed by atoms with Crippen molar-refractivity contribution >= 4 is 23.5 Å². The van der Waals surface area contributed by atoms with Crippen molar-refractivity contribution in [2.24, 2.45) is 0 Å². The maximum absolute atomic E-state index is 12.4. The van der Waals surface area contributed by atoms with Crippen LogP contribution in [0, 0.1) is 0 Å². The summed E-state index contributed by atoms with van der Waals surface area (Å²) < 4.78 is 4.01. The van der Waals surface area contributed by atoms with E-state index in [1.807, 2.05) is 30.3 Å². The molecule has 2 unspecified atom stereocenters. The first kappa shape index (κ1) is 14.9. The van der Waals surface area contributed by atoms with Gasteiger partial charge in [0.2, 0.25) is 0 Å². The molecule has 0 amide bonds. The molecule has 1 aliphatic rings. The zero-order valence-corrected chi connectivity index (χ0v) is 12.3. The minimum absolute atomic E-state index is 0.0605. The molecule has 0 spiro atoms. The molecule has 0 saturated carbocycles. The Bertz CT molecular complexity index is 512.